The van der Waals surface area contributed by atoms with E-state index in [1.54, 1.807) is 48.7 Å². The highest BCUT2D eigenvalue weighted by atomic mass is 19.1. The molecule has 138 valence electrons. The van der Waals surface area contributed by atoms with Gasteiger partial charge in [-0.1, -0.05) is 12.1 Å². The minimum absolute atomic E-state index is 0.284. The molecule has 0 atom stereocenters. The Labute approximate surface area is 156 Å². The molecule has 0 unspecified atom stereocenters. The average molecular weight is 367 g/mol. The molecule has 27 heavy (non-hydrogen) atoms. The van der Waals surface area contributed by atoms with Gasteiger partial charge in [-0.25, -0.2) is 9.37 Å². The van der Waals surface area contributed by atoms with Crippen molar-refractivity contribution in [3.05, 3.63) is 72.2 Å². The van der Waals surface area contributed by atoms with Gasteiger partial charge in [-0.05, 0) is 42.5 Å². The second-order valence-corrected chi connectivity index (χ2v) is 5.56. The third-order valence-corrected chi connectivity index (χ3v) is 3.77. The number of ether oxygens (including phenoxy) is 2. The molecule has 0 fully saturated rings. The minimum atomic E-state index is -0.400. The highest BCUT2D eigenvalue weighted by Crippen LogP contribution is 2.29. The summed E-state index contributed by atoms with van der Waals surface area (Å²) in [5, 5.41) is 5.75. The van der Waals surface area contributed by atoms with Crippen LogP contribution in [-0.2, 0) is 0 Å². The Morgan fingerprint density at radius 3 is 2.26 bits per heavy atom. The van der Waals surface area contributed by atoms with Crippen molar-refractivity contribution < 1.29 is 18.7 Å². The molecule has 3 rings (SSSR count). The highest BCUT2D eigenvalue weighted by Gasteiger charge is 2.18. The fraction of sp³-hybridized carbons (Fsp3) is 0.100. The van der Waals surface area contributed by atoms with Crippen molar-refractivity contribution in [2.45, 2.75) is 0 Å². The number of anilines is 3. The molecule has 0 bridgehead atoms. The fourth-order valence-electron chi connectivity index (χ4n) is 2.53. The van der Waals surface area contributed by atoms with Crippen molar-refractivity contribution in [1.29, 1.82) is 0 Å². The van der Waals surface area contributed by atoms with Gasteiger partial charge in [0, 0.05) is 5.69 Å². The van der Waals surface area contributed by atoms with E-state index in [1.165, 1.54) is 26.4 Å². The lowest BCUT2D eigenvalue weighted by Crippen LogP contribution is -2.15. The smallest absolute Gasteiger partial charge is 0.264 e. The highest BCUT2D eigenvalue weighted by molar-refractivity contribution is 6.07. The van der Waals surface area contributed by atoms with E-state index < -0.39 is 5.91 Å². The molecule has 1 heterocycles. The van der Waals surface area contributed by atoms with Gasteiger partial charge in [-0.2, -0.15) is 0 Å². The van der Waals surface area contributed by atoms with Crippen LogP contribution in [0.25, 0.3) is 0 Å². The van der Waals surface area contributed by atoms with E-state index in [9.17, 15) is 9.18 Å². The number of rotatable bonds is 6. The first kappa shape index (κ1) is 18.2. The minimum Gasteiger partial charge on any atom is -0.496 e. The number of methoxy groups -OCH3 is 2. The summed E-state index contributed by atoms with van der Waals surface area (Å²) >= 11 is 0. The molecule has 3 aromatic rings. The van der Waals surface area contributed by atoms with Crippen LogP contribution in [0.15, 0.2) is 60.8 Å². The number of hydrogen-bond acceptors (Lipinski definition) is 5. The molecule has 0 aliphatic rings. The van der Waals surface area contributed by atoms with Crippen LogP contribution in [0.1, 0.15) is 10.4 Å². The number of pyridine rings is 1. The van der Waals surface area contributed by atoms with Gasteiger partial charge in [0.05, 0.1) is 26.1 Å². The van der Waals surface area contributed by atoms with E-state index in [1.807, 2.05) is 0 Å². The summed E-state index contributed by atoms with van der Waals surface area (Å²) in [4.78, 5) is 16.8. The standard InChI is InChI=1S/C20H18FN3O3/c1-26-16-7-4-8-17(27-2)19(16)20(25)24-18-10-9-15(12-22-18)23-14-6-3-5-13(21)11-14/h3-12,23H,1-2H3,(H,22,24,25). The van der Waals surface area contributed by atoms with Crippen LogP contribution in [0.5, 0.6) is 11.5 Å². The number of benzene rings is 2. The van der Waals surface area contributed by atoms with Crippen molar-refractivity contribution in [2.24, 2.45) is 0 Å². The monoisotopic (exact) mass is 367 g/mol. The lowest BCUT2D eigenvalue weighted by molar-refractivity contribution is 0.102. The summed E-state index contributed by atoms with van der Waals surface area (Å²) in [6, 6.07) is 14.6. The van der Waals surface area contributed by atoms with Crippen molar-refractivity contribution in [1.82, 2.24) is 4.98 Å². The predicted molar refractivity (Wildman–Crippen MR) is 101 cm³/mol. The lowest BCUT2D eigenvalue weighted by atomic mass is 10.1. The number of nitrogens with one attached hydrogen (secondary N) is 2. The Balaban J connectivity index is 1.74. The van der Waals surface area contributed by atoms with Gasteiger partial charge in [-0.3, -0.25) is 4.79 Å². The maximum absolute atomic E-state index is 13.2. The topological polar surface area (TPSA) is 72.5 Å². The predicted octanol–water partition coefficient (Wildman–Crippen LogP) is 4.23. The van der Waals surface area contributed by atoms with Crippen LogP contribution in [-0.4, -0.2) is 25.1 Å². The maximum atomic E-state index is 13.2. The Hall–Kier alpha value is -3.61. The van der Waals surface area contributed by atoms with Gasteiger partial charge in [0.1, 0.15) is 28.7 Å². The summed E-state index contributed by atoms with van der Waals surface area (Å²) in [7, 11) is 2.97. The number of nitrogens with zero attached hydrogens (tertiary/aromatic N) is 1. The largest absolute Gasteiger partial charge is 0.496 e. The summed E-state index contributed by atoms with van der Waals surface area (Å²) < 4.78 is 23.7. The number of carbonyl (C=O) groups is 1. The molecular formula is C20H18FN3O3. The fourth-order valence-corrected chi connectivity index (χ4v) is 2.53. The van der Waals surface area contributed by atoms with E-state index in [2.05, 4.69) is 15.6 Å². The summed E-state index contributed by atoms with van der Waals surface area (Å²) in [6.07, 6.45) is 1.54. The van der Waals surface area contributed by atoms with Gasteiger partial charge < -0.3 is 20.1 Å². The molecule has 0 aliphatic carbocycles. The summed E-state index contributed by atoms with van der Waals surface area (Å²) in [5.41, 5.74) is 1.55. The van der Waals surface area contributed by atoms with Crippen molar-refractivity contribution in [3.8, 4) is 11.5 Å². The zero-order valence-corrected chi connectivity index (χ0v) is 14.8. The van der Waals surface area contributed by atoms with Gasteiger partial charge in [0.25, 0.3) is 5.91 Å². The Kier molecular flexibility index (Phi) is 5.51. The van der Waals surface area contributed by atoms with E-state index in [4.69, 9.17) is 9.47 Å². The molecule has 0 aliphatic heterocycles. The van der Waals surface area contributed by atoms with Gasteiger partial charge >= 0.3 is 0 Å². The Morgan fingerprint density at radius 2 is 1.67 bits per heavy atom. The molecule has 7 heteroatoms. The number of amides is 1. The molecule has 2 aromatic carbocycles. The zero-order chi connectivity index (χ0) is 19.2. The SMILES string of the molecule is COc1cccc(OC)c1C(=O)Nc1ccc(Nc2cccc(F)c2)cn1. The molecule has 0 spiro atoms. The van der Waals surface area contributed by atoms with E-state index in [0.29, 0.717) is 28.7 Å². The zero-order valence-electron chi connectivity index (χ0n) is 14.8. The normalized spacial score (nSPS) is 10.2. The summed E-state index contributed by atoms with van der Waals surface area (Å²) in [5.74, 6) is 0.426. The number of hydrogen-bond donors (Lipinski definition) is 2. The average Bonchev–Trinajstić information content (AvgIpc) is 2.68. The van der Waals surface area contributed by atoms with E-state index in [-0.39, 0.29) is 11.4 Å². The molecule has 6 nitrogen and oxygen atoms in total. The number of halogens is 1. The molecular weight excluding hydrogens is 349 g/mol. The van der Waals surface area contributed by atoms with E-state index >= 15 is 0 Å². The summed E-state index contributed by atoms with van der Waals surface area (Å²) in [6.45, 7) is 0. The maximum Gasteiger partial charge on any atom is 0.264 e. The first-order valence-electron chi connectivity index (χ1n) is 8.11. The Morgan fingerprint density at radius 1 is 0.963 bits per heavy atom. The Bertz CT molecular complexity index is 923. The molecule has 1 aromatic heterocycles. The van der Waals surface area contributed by atoms with Crippen LogP contribution >= 0.6 is 0 Å². The number of aromatic nitrogens is 1. The van der Waals surface area contributed by atoms with Gasteiger partial charge in [0.2, 0.25) is 0 Å². The van der Waals surface area contributed by atoms with Gasteiger partial charge in [-0.15, -0.1) is 0 Å². The third-order valence-electron chi connectivity index (χ3n) is 3.77. The van der Waals surface area contributed by atoms with Crippen LogP contribution in [0.2, 0.25) is 0 Å². The van der Waals surface area contributed by atoms with E-state index in [0.717, 1.165) is 0 Å². The van der Waals surface area contributed by atoms with Crippen LogP contribution in [0.4, 0.5) is 21.6 Å². The van der Waals surface area contributed by atoms with Crippen molar-refractivity contribution in [3.63, 3.8) is 0 Å². The third kappa shape index (κ3) is 4.33. The number of carbonyl (C=O) groups excluding carboxylic acids is 1. The van der Waals surface area contributed by atoms with Crippen molar-refractivity contribution in [2.75, 3.05) is 24.9 Å². The lowest BCUT2D eigenvalue weighted by Gasteiger charge is -2.13. The second kappa shape index (κ2) is 8.18. The van der Waals surface area contributed by atoms with Crippen LogP contribution < -0.4 is 20.1 Å². The molecule has 0 saturated carbocycles. The molecule has 1 amide bonds. The molecule has 0 saturated heterocycles. The molecule has 2 N–H and O–H groups in total. The quantitative estimate of drug-likeness (QED) is 0.682. The second-order valence-electron chi connectivity index (χ2n) is 5.56. The first-order chi connectivity index (χ1) is 13.1. The first-order valence-corrected chi connectivity index (χ1v) is 8.11. The van der Waals surface area contributed by atoms with Crippen LogP contribution in [0.3, 0.4) is 0 Å². The molecule has 0 radical (unpaired) electrons. The van der Waals surface area contributed by atoms with Gasteiger partial charge in [0.15, 0.2) is 0 Å². The van der Waals surface area contributed by atoms with Crippen molar-refractivity contribution >= 4 is 23.1 Å². The van der Waals surface area contributed by atoms with Crippen LogP contribution in [0, 0.1) is 5.82 Å².